The van der Waals surface area contributed by atoms with Crippen LogP contribution in [0.2, 0.25) is 0 Å². The van der Waals surface area contributed by atoms with Crippen molar-refractivity contribution in [1.29, 1.82) is 0 Å². The Kier molecular flexibility index (Phi) is 7.71. The van der Waals surface area contributed by atoms with Gasteiger partial charge in [-0.15, -0.1) is 0 Å². The Bertz CT molecular complexity index is 650. The number of nitrogens with two attached hydrogens (primary N) is 1. The van der Waals surface area contributed by atoms with E-state index in [1.54, 1.807) is 12.1 Å². The Morgan fingerprint density at radius 3 is 2.48 bits per heavy atom. The van der Waals surface area contributed by atoms with Crippen molar-refractivity contribution >= 4 is 16.0 Å². The van der Waals surface area contributed by atoms with Crippen LogP contribution in [0.5, 0.6) is 0 Å². The number of sulfonamides is 1. The van der Waals surface area contributed by atoms with Crippen molar-refractivity contribution in [3.8, 4) is 0 Å². The molecule has 1 aliphatic carbocycles. The first kappa shape index (κ1) is 19.7. The average Bonchev–Trinajstić information content (AvgIpc) is 3.09. The van der Waals surface area contributed by atoms with Gasteiger partial charge in [0.1, 0.15) is 0 Å². The molecule has 0 aromatic heterocycles. The van der Waals surface area contributed by atoms with Crippen LogP contribution in [0.1, 0.15) is 51.0 Å². The Hall–Kier alpha value is -1.60. The van der Waals surface area contributed by atoms with Crippen LogP contribution in [0, 0.1) is 5.92 Å². The molecule has 0 atom stereocenters. The van der Waals surface area contributed by atoms with Crippen LogP contribution in [0.4, 0.5) is 0 Å². The minimum atomic E-state index is -3.64. The van der Waals surface area contributed by atoms with E-state index >= 15 is 0 Å². The number of benzene rings is 1. The van der Waals surface area contributed by atoms with Gasteiger partial charge < -0.3 is 10.6 Å². The van der Waals surface area contributed by atoms with E-state index in [-0.39, 0.29) is 4.90 Å². The molecule has 0 radical (unpaired) electrons. The third-order valence-corrected chi connectivity index (χ3v) is 5.50. The highest BCUT2D eigenvalue weighted by Gasteiger charge is 2.14. The number of aliphatic imine (C=N–C) groups is 1. The summed E-state index contributed by atoms with van der Waals surface area (Å²) in [5.41, 5.74) is 0.940. The van der Waals surface area contributed by atoms with Crippen LogP contribution in [-0.2, 0) is 16.6 Å². The lowest BCUT2D eigenvalue weighted by molar-refractivity contribution is 0.481. The summed E-state index contributed by atoms with van der Waals surface area (Å²) < 4.78 is 22.5. The molecule has 7 heteroatoms. The number of nitrogens with zero attached hydrogens (tertiary/aromatic N) is 1. The number of rotatable bonds is 8. The average molecular weight is 367 g/mol. The maximum atomic E-state index is 11.3. The van der Waals surface area contributed by atoms with Crippen LogP contribution < -0.4 is 15.8 Å². The van der Waals surface area contributed by atoms with Crippen LogP contribution in [0.15, 0.2) is 34.2 Å². The first-order chi connectivity index (χ1) is 12.0. The minimum absolute atomic E-state index is 0.122. The molecule has 1 saturated carbocycles. The van der Waals surface area contributed by atoms with E-state index in [1.165, 1.54) is 44.2 Å². The molecule has 0 aliphatic heterocycles. The second-order valence-electron chi connectivity index (χ2n) is 6.60. The topological polar surface area (TPSA) is 96.6 Å². The highest BCUT2D eigenvalue weighted by atomic mass is 32.2. The molecule has 0 amide bonds. The molecular formula is C18H30N4O2S. The molecule has 0 saturated heterocycles. The molecule has 0 bridgehead atoms. The van der Waals surface area contributed by atoms with Crippen molar-refractivity contribution < 1.29 is 8.42 Å². The van der Waals surface area contributed by atoms with Crippen molar-refractivity contribution in [3.05, 3.63) is 29.8 Å². The third kappa shape index (κ3) is 7.04. The van der Waals surface area contributed by atoms with E-state index in [1.807, 2.05) is 6.92 Å². The standard InChI is InChI=1S/C18H30N4O2S/c1-2-20-18(21-13-5-8-15-6-3-4-7-15)22-14-16-9-11-17(12-10-16)25(19,23)24/h9-12,15H,2-8,13-14H2,1H3,(H2,19,23,24)(H2,20,21,22). The van der Waals surface area contributed by atoms with Gasteiger partial charge in [0.15, 0.2) is 5.96 Å². The molecule has 0 unspecified atom stereocenters. The molecule has 4 N–H and O–H groups in total. The molecule has 0 heterocycles. The van der Waals surface area contributed by atoms with Gasteiger partial charge in [-0.25, -0.2) is 18.5 Å². The summed E-state index contributed by atoms with van der Waals surface area (Å²) >= 11 is 0. The minimum Gasteiger partial charge on any atom is -0.357 e. The molecule has 1 aromatic carbocycles. The van der Waals surface area contributed by atoms with Crippen molar-refractivity contribution in [1.82, 2.24) is 10.6 Å². The number of guanidine groups is 1. The lowest BCUT2D eigenvalue weighted by atomic mass is 10.0. The predicted octanol–water partition coefficient (Wildman–Crippen LogP) is 2.36. The second-order valence-corrected chi connectivity index (χ2v) is 8.17. The molecule has 6 nitrogen and oxygen atoms in total. The van der Waals surface area contributed by atoms with Gasteiger partial charge in [0.05, 0.1) is 11.4 Å². The summed E-state index contributed by atoms with van der Waals surface area (Å²) in [4.78, 5) is 4.68. The van der Waals surface area contributed by atoms with E-state index in [0.717, 1.165) is 37.0 Å². The zero-order chi connectivity index (χ0) is 18.1. The molecule has 0 spiro atoms. The summed E-state index contributed by atoms with van der Waals surface area (Å²) in [5.74, 6) is 1.71. The van der Waals surface area contributed by atoms with Gasteiger partial charge in [-0.3, -0.25) is 0 Å². The van der Waals surface area contributed by atoms with E-state index in [0.29, 0.717) is 6.54 Å². The molecule has 25 heavy (non-hydrogen) atoms. The van der Waals surface area contributed by atoms with Crippen molar-refractivity contribution in [2.45, 2.75) is 56.9 Å². The number of hydrogen-bond acceptors (Lipinski definition) is 3. The van der Waals surface area contributed by atoms with E-state index < -0.39 is 10.0 Å². The van der Waals surface area contributed by atoms with Crippen LogP contribution in [0.25, 0.3) is 0 Å². The Morgan fingerprint density at radius 2 is 1.88 bits per heavy atom. The largest absolute Gasteiger partial charge is 0.357 e. The Labute approximate surface area is 151 Å². The van der Waals surface area contributed by atoms with Crippen LogP contribution in [-0.4, -0.2) is 27.5 Å². The maximum Gasteiger partial charge on any atom is 0.238 e. The summed E-state index contributed by atoms with van der Waals surface area (Å²) in [6, 6.07) is 6.52. The van der Waals surface area contributed by atoms with E-state index in [9.17, 15) is 8.42 Å². The first-order valence-corrected chi connectivity index (χ1v) is 10.7. The van der Waals surface area contributed by atoms with Crippen LogP contribution >= 0.6 is 0 Å². The normalized spacial score (nSPS) is 16.2. The Balaban J connectivity index is 1.81. The van der Waals surface area contributed by atoms with Crippen LogP contribution in [0.3, 0.4) is 0 Å². The summed E-state index contributed by atoms with van der Waals surface area (Å²) in [7, 11) is -3.64. The summed E-state index contributed by atoms with van der Waals surface area (Å²) in [5, 5.41) is 11.7. The fourth-order valence-electron chi connectivity index (χ4n) is 3.19. The molecule has 1 aromatic rings. The lowest BCUT2D eigenvalue weighted by Gasteiger charge is -2.13. The SMILES string of the molecule is CCNC(=NCc1ccc(S(N)(=O)=O)cc1)NCCCC1CCCC1. The van der Waals surface area contributed by atoms with Crippen molar-refractivity contribution in [2.24, 2.45) is 16.0 Å². The molecule has 140 valence electrons. The highest BCUT2D eigenvalue weighted by Crippen LogP contribution is 2.28. The lowest BCUT2D eigenvalue weighted by Crippen LogP contribution is -2.37. The maximum absolute atomic E-state index is 11.3. The molecule has 1 fully saturated rings. The number of primary sulfonamides is 1. The van der Waals surface area contributed by atoms with E-state index in [2.05, 4.69) is 15.6 Å². The fourth-order valence-corrected chi connectivity index (χ4v) is 3.71. The Morgan fingerprint density at radius 1 is 1.20 bits per heavy atom. The molecular weight excluding hydrogens is 336 g/mol. The second kappa shape index (κ2) is 9.77. The van der Waals surface area contributed by atoms with Gasteiger partial charge in [0.25, 0.3) is 0 Å². The molecule has 1 aliphatic rings. The zero-order valence-corrected chi connectivity index (χ0v) is 15.8. The van der Waals surface area contributed by atoms with E-state index in [4.69, 9.17) is 5.14 Å². The van der Waals surface area contributed by atoms with Gasteiger partial charge in [-0.05, 0) is 43.4 Å². The van der Waals surface area contributed by atoms with Gasteiger partial charge in [-0.1, -0.05) is 37.8 Å². The summed E-state index contributed by atoms with van der Waals surface area (Å²) in [6.45, 7) is 4.25. The number of nitrogens with one attached hydrogen (secondary N) is 2. The fraction of sp³-hybridized carbons (Fsp3) is 0.611. The smallest absolute Gasteiger partial charge is 0.238 e. The third-order valence-electron chi connectivity index (χ3n) is 4.57. The molecule has 2 rings (SSSR count). The zero-order valence-electron chi connectivity index (χ0n) is 15.0. The number of hydrogen-bond donors (Lipinski definition) is 3. The first-order valence-electron chi connectivity index (χ1n) is 9.13. The van der Waals surface area contributed by atoms with Crippen molar-refractivity contribution in [2.75, 3.05) is 13.1 Å². The predicted molar refractivity (Wildman–Crippen MR) is 102 cm³/mol. The highest BCUT2D eigenvalue weighted by molar-refractivity contribution is 7.89. The summed E-state index contributed by atoms with van der Waals surface area (Å²) in [6.07, 6.45) is 8.03. The van der Waals surface area contributed by atoms with Gasteiger partial charge in [-0.2, -0.15) is 0 Å². The van der Waals surface area contributed by atoms with Crippen molar-refractivity contribution in [3.63, 3.8) is 0 Å². The quantitative estimate of drug-likeness (QED) is 0.374. The van der Waals surface area contributed by atoms with Gasteiger partial charge >= 0.3 is 0 Å². The monoisotopic (exact) mass is 366 g/mol. The van der Waals surface area contributed by atoms with Gasteiger partial charge in [0.2, 0.25) is 10.0 Å². The van der Waals surface area contributed by atoms with Gasteiger partial charge in [0, 0.05) is 13.1 Å².